The average molecular weight is 442 g/mol. The second-order valence-corrected chi connectivity index (χ2v) is 6.91. The Balaban J connectivity index is 0.000000501. The summed E-state index contributed by atoms with van der Waals surface area (Å²) in [5.41, 5.74) is 0.389. The van der Waals surface area contributed by atoms with Gasteiger partial charge in [-0.2, -0.15) is 13.2 Å². The van der Waals surface area contributed by atoms with Crippen molar-refractivity contribution in [3.8, 4) is 0 Å². The minimum atomic E-state index is -4.33. The van der Waals surface area contributed by atoms with E-state index >= 15 is 0 Å². The molecule has 0 atom stereocenters. The summed E-state index contributed by atoms with van der Waals surface area (Å²) in [5, 5.41) is 14.8. The Kier molecular flexibility index (Phi) is 8.52. The van der Waals surface area contributed by atoms with E-state index in [0.717, 1.165) is 6.07 Å². The minimum absolute atomic E-state index is 0.218. The zero-order chi connectivity index (χ0) is 23.0. The highest BCUT2D eigenvalue weighted by molar-refractivity contribution is 6.27. The molecule has 0 amide bonds. The van der Waals surface area contributed by atoms with Crippen molar-refractivity contribution in [3.63, 3.8) is 0 Å². The van der Waals surface area contributed by atoms with Crippen molar-refractivity contribution in [2.45, 2.75) is 19.3 Å². The van der Waals surface area contributed by atoms with Crippen molar-refractivity contribution in [2.75, 3.05) is 26.2 Å². The predicted octanol–water partition coefficient (Wildman–Crippen LogP) is 3.32. The molecule has 0 spiro atoms. The molecular weight excluding hydrogens is 420 g/mol. The number of carboxylic acids is 2. The van der Waals surface area contributed by atoms with Gasteiger partial charge in [-0.3, -0.25) is 9.80 Å². The van der Waals surface area contributed by atoms with E-state index < -0.39 is 23.7 Å². The number of piperazine rings is 1. The third kappa shape index (κ3) is 7.65. The quantitative estimate of drug-likeness (QED) is 0.559. The number of hydrogen-bond donors (Lipinski definition) is 2. The molecule has 0 bridgehead atoms. The summed E-state index contributed by atoms with van der Waals surface area (Å²) in [6.07, 6.45) is -4.33. The molecule has 1 heterocycles. The Morgan fingerprint density at radius 2 is 1.19 bits per heavy atom. The standard InChI is InChI=1S/C19H20F4N2.C2H2O4/c20-18-8-4-2-6-16(18)14-25-11-9-24(10-12-25)13-15-5-1-3-7-17(15)19(21,22)23;3-1(4)2(5)6/h1-8H,9-14H2;(H,3,4)(H,5,6). The number of hydrogen-bond acceptors (Lipinski definition) is 4. The summed E-state index contributed by atoms with van der Waals surface area (Å²) in [5.74, 6) is -3.87. The molecule has 1 aliphatic heterocycles. The van der Waals surface area contributed by atoms with E-state index in [0.29, 0.717) is 43.9 Å². The Morgan fingerprint density at radius 3 is 1.65 bits per heavy atom. The van der Waals surface area contributed by atoms with E-state index in [9.17, 15) is 17.6 Å². The van der Waals surface area contributed by atoms with Gasteiger partial charge in [0.25, 0.3) is 0 Å². The summed E-state index contributed by atoms with van der Waals surface area (Å²) < 4.78 is 53.0. The third-order valence-corrected chi connectivity index (χ3v) is 4.72. The number of benzene rings is 2. The van der Waals surface area contributed by atoms with Crippen molar-refractivity contribution >= 4 is 11.9 Å². The summed E-state index contributed by atoms with van der Waals surface area (Å²) in [4.78, 5) is 22.3. The lowest BCUT2D eigenvalue weighted by Gasteiger charge is -2.35. The van der Waals surface area contributed by atoms with Crippen LogP contribution in [0, 0.1) is 5.82 Å². The van der Waals surface area contributed by atoms with E-state index in [2.05, 4.69) is 4.90 Å². The number of halogens is 4. The fourth-order valence-corrected chi connectivity index (χ4v) is 3.15. The lowest BCUT2D eigenvalue weighted by molar-refractivity contribution is -0.159. The van der Waals surface area contributed by atoms with Gasteiger partial charge in [0.05, 0.1) is 5.56 Å². The molecule has 0 saturated carbocycles. The van der Waals surface area contributed by atoms with Crippen LogP contribution in [-0.2, 0) is 28.9 Å². The molecule has 31 heavy (non-hydrogen) atoms. The van der Waals surface area contributed by atoms with Gasteiger partial charge in [0.1, 0.15) is 5.82 Å². The Morgan fingerprint density at radius 1 is 0.774 bits per heavy atom. The molecule has 168 valence electrons. The maximum absolute atomic E-state index is 13.7. The molecule has 0 aromatic heterocycles. The molecule has 2 N–H and O–H groups in total. The fraction of sp³-hybridized carbons (Fsp3) is 0.333. The van der Waals surface area contributed by atoms with Crippen LogP contribution in [0.4, 0.5) is 17.6 Å². The molecule has 2 aromatic carbocycles. The molecule has 10 heteroatoms. The first kappa shape index (κ1) is 24.3. The first-order valence-electron chi connectivity index (χ1n) is 9.37. The van der Waals surface area contributed by atoms with E-state index in [1.54, 1.807) is 18.2 Å². The van der Waals surface area contributed by atoms with Crippen molar-refractivity contribution < 1.29 is 37.4 Å². The van der Waals surface area contributed by atoms with Crippen LogP contribution in [0.3, 0.4) is 0 Å². The fourth-order valence-electron chi connectivity index (χ4n) is 3.15. The van der Waals surface area contributed by atoms with Gasteiger partial charge < -0.3 is 10.2 Å². The Labute approximate surface area is 176 Å². The SMILES string of the molecule is Fc1ccccc1CN1CCN(Cc2ccccc2C(F)(F)F)CC1.O=C(O)C(=O)O. The van der Waals surface area contributed by atoms with Gasteiger partial charge in [-0.1, -0.05) is 36.4 Å². The average Bonchev–Trinajstić information content (AvgIpc) is 2.71. The number of alkyl halides is 3. The highest BCUT2D eigenvalue weighted by Gasteiger charge is 2.33. The van der Waals surface area contributed by atoms with Gasteiger partial charge in [-0.15, -0.1) is 0 Å². The van der Waals surface area contributed by atoms with Gasteiger partial charge in [-0.25, -0.2) is 14.0 Å². The van der Waals surface area contributed by atoms with Crippen LogP contribution in [0.1, 0.15) is 16.7 Å². The van der Waals surface area contributed by atoms with Gasteiger partial charge in [0, 0.05) is 44.8 Å². The number of nitrogens with zero attached hydrogens (tertiary/aromatic N) is 2. The number of carboxylic acid groups (broad SMARTS) is 2. The van der Waals surface area contributed by atoms with Crippen molar-refractivity contribution in [2.24, 2.45) is 0 Å². The lowest BCUT2D eigenvalue weighted by Crippen LogP contribution is -2.45. The highest BCUT2D eigenvalue weighted by Crippen LogP contribution is 2.32. The van der Waals surface area contributed by atoms with Crippen molar-refractivity contribution in [3.05, 3.63) is 71.0 Å². The normalized spacial score (nSPS) is 15.1. The summed E-state index contributed by atoms with van der Waals surface area (Å²) >= 11 is 0. The van der Waals surface area contributed by atoms with E-state index in [1.165, 1.54) is 18.2 Å². The summed E-state index contributed by atoms with van der Waals surface area (Å²) in [7, 11) is 0. The topological polar surface area (TPSA) is 81.1 Å². The number of rotatable bonds is 4. The van der Waals surface area contributed by atoms with Crippen LogP contribution in [-0.4, -0.2) is 58.1 Å². The molecule has 1 fully saturated rings. The molecular formula is C21H22F4N2O4. The zero-order valence-corrected chi connectivity index (χ0v) is 16.5. The van der Waals surface area contributed by atoms with Gasteiger partial charge in [0.2, 0.25) is 0 Å². The van der Waals surface area contributed by atoms with E-state index in [1.807, 2.05) is 11.0 Å². The maximum atomic E-state index is 13.7. The minimum Gasteiger partial charge on any atom is -0.473 e. The zero-order valence-electron chi connectivity index (χ0n) is 16.5. The van der Waals surface area contributed by atoms with Crippen LogP contribution < -0.4 is 0 Å². The summed E-state index contributed by atoms with van der Waals surface area (Å²) in [6, 6.07) is 12.4. The molecule has 1 saturated heterocycles. The molecule has 0 unspecified atom stereocenters. The number of aliphatic carboxylic acids is 2. The molecule has 6 nitrogen and oxygen atoms in total. The monoisotopic (exact) mass is 442 g/mol. The number of carbonyl (C=O) groups is 2. The van der Waals surface area contributed by atoms with Crippen molar-refractivity contribution in [1.29, 1.82) is 0 Å². The van der Waals surface area contributed by atoms with Crippen LogP contribution >= 0.6 is 0 Å². The maximum Gasteiger partial charge on any atom is 0.416 e. The largest absolute Gasteiger partial charge is 0.473 e. The first-order chi connectivity index (χ1) is 14.6. The Bertz CT molecular complexity index is 885. The second kappa shape index (κ2) is 10.9. The second-order valence-electron chi connectivity index (χ2n) is 6.91. The Hall–Kier alpha value is -2.98. The van der Waals surface area contributed by atoms with E-state index in [-0.39, 0.29) is 12.4 Å². The van der Waals surface area contributed by atoms with E-state index in [4.69, 9.17) is 19.8 Å². The summed E-state index contributed by atoms with van der Waals surface area (Å²) in [6.45, 7) is 3.56. The first-order valence-corrected chi connectivity index (χ1v) is 9.37. The lowest BCUT2D eigenvalue weighted by atomic mass is 10.1. The molecule has 3 rings (SSSR count). The van der Waals surface area contributed by atoms with Gasteiger partial charge in [-0.05, 0) is 17.7 Å². The van der Waals surface area contributed by atoms with Gasteiger partial charge in [0.15, 0.2) is 0 Å². The molecule has 0 aliphatic carbocycles. The van der Waals surface area contributed by atoms with Gasteiger partial charge >= 0.3 is 18.1 Å². The molecule has 1 aliphatic rings. The smallest absolute Gasteiger partial charge is 0.416 e. The highest BCUT2D eigenvalue weighted by atomic mass is 19.4. The molecule has 0 radical (unpaired) electrons. The van der Waals surface area contributed by atoms with Crippen LogP contribution in [0.2, 0.25) is 0 Å². The third-order valence-electron chi connectivity index (χ3n) is 4.72. The van der Waals surface area contributed by atoms with Crippen molar-refractivity contribution in [1.82, 2.24) is 9.80 Å². The van der Waals surface area contributed by atoms with Crippen LogP contribution in [0.25, 0.3) is 0 Å². The van der Waals surface area contributed by atoms with Crippen LogP contribution in [0.15, 0.2) is 48.5 Å². The molecule has 2 aromatic rings. The van der Waals surface area contributed by atoms with Crippen LogP contribution in [0.5, 0.6) is 0 Å². The predicted molar refractivity (Wildman–Crippen MR) is 104 cm³/mol.